The molecular weight excluding hydrogens is 196 g/mol. The molecule has 0 heterocycles. The van der Waals surface area contributed by atoms with Crippen molar-refractivity contribution in [3.05, 3.63) is 46.0 Å². The summed E-state index contributed by atoms with van der Waals surface area (Å²) in [5.74, 6) is -0.247. The Morgan fingerprint density at radius 3 is 2.47 bits per heavy atom. The van der Waals surface area contributed by atoms with Crippen molar-refractivity contribution in [2.75, 3.05) is 6.54 Å². The Hall–Kier alpha value is -1.75. The molecule has 0 saturated heterocycles. The number of benzene rings is 1. The lowest BCUT2D eigenvalue weighted by atomic mass is 10.0. The zero-order chi connectivity index (χ0) is 11.3. The van der Waals surface area contributed by atoms with Gasteiger partial charge in [0.2, 0.25) is 6.04 Å². The van der Waals surface area contributed by atoms with E-state index in [1.54, 1.807) is 30.3 Å². The summed E-state index contributed by atoms with van der Waals surface area (Å²) in [5, 5.41) is 10.5. The molecule has 2 N–H and O–H groups in total. The highest BCUT2D eigenvalue weighted by Crippen LogP contribution is 2.06. The number of Topliss-reactive ketones (excluding diaryl/α,β-unsaturated/α-hetero) is 1. The molecule has 0 saturated carbocycles. The van der Waals surface area contributed by atoms with E-state index in [4.69, 9.17) is 5.73 Å². The smallest absolute Gasteiger partial charge is 0.232 e. The first-order chi connectivity index (χ1) is 7.15. The average molecular weight is 208 g/mol. The molecule has 80 valence electrons. The summed E-state index contributed by atoms with van der Waals surface area (Å²) in [7, 11) is 0. The zero-order valence-corrected chi connectivity index (χ0v) is 8.13. The van der Waals surface area contributed by atoms with Crippen molar-refractivity contribution in [3.8, 4) is 0 Å². The molecule has 0 radical (unpaired) electrons. The van der Waals surface area contributed by atoms with Gasteiger partial charge in [-0.3, -0.25) is 14.9 Å². The SMILES string of the molecule is NCC(CC(=O)c1ccccc1)[N+](=O)[O-]. The molecule has 0 aliphatic heterocycles. The second-order valence-corrected chi connectivity index (χ2v) is 3.17. The number of hydrogen-bond acceptors (Lipinski definition) is 4. The normalized spacial score (nSPS) is 12.1. The molecule has 1 rings (SSSR count). The van der Waals surface area contributed by atoms with Gasteiger partial charge in [0.15, 0.2) is 5.78 Å². The zero-order valence-electron chi connectivity index (χ0n) is 8.13. The van der Waals surface area contributed by atoms with Gasteiger partial charge >= 0.3 is 0 Å². The van der Waals surface area contributed by atoms with E-state index in [9.17, 15) is 14.9 Å². The fourth-order valence-electron chi connectivity index (χ4n) is 1.20. The van der Waals surface area contributed by atoms with Crippen molar-refractivity contribution >= 4 is 5.78 Å². The molecule has 15 heavy (non-hydrogen) atoms. The molecule has 0 fully saturated rings. The van der Waals surface area contributed by atoms with Gasteiger partial charge in [0, 0.05) is 10.5 Å². The third kappa shape index (κ3) is 3.14. The van der Waals surface area contributed by atoms with Gasteiger partial charge in [-0.25, -0.2) is 0 Å². The van der Waals surface area contributed by atoms with Crippen molar-refractivity contribution in [1.29, 1.82) is 0 Å². The van der Waals surface area contributed by atoms with Crippen LogP contribution < -0.4 is 5.73 Å². The van der Waals surface area contributed by atoms with Gasteiger partial charge < -0.3 is 5.73 Å². The van der Waals surface area contributed by atoms with E-state index >= 15 is 0 Å². The highest BCUT2D eigenvalue weighted by Gasteiger charge is 2.22. The summed E-state index contributed by atoms with van der Waals surface area (Å²) in [4.78, 5) is 21.5. The van der Waals surface area contributed by atoms with Crippen LogP contribution in [-0.4, -0.2) is 23.3 Å². The van der Waals surface area contributed by atoms with E-state index in [1.165, 1.54) is 0 Å². The van der Waals surface area contributed by atoms with E-state index in [0.29, 0.717) is 5.56 Å². The Morgan fingerprint density at radius 2 is 2.00 bits per heavy atom. The maximum absolute atomic E-state index is 11.6. The molecule has 0 aliphatic rings. The second kappa shape index (κ2) is 5.21. The van der Waals surface area contributed by atoms with Gasteiger partial charge in [-0.15, -0.1) is 0 Å². The molecule has 1 atom stereocenters. The van der Waals surface area contributed by atoms with Gasteiger partial charge in [0.1, 0.15) is 0 Å². The summed E-state index contributed by atoms with van der Waals surface area (Å²) in [5.41, 5.74) is 5.69. The summed E-state index contributed by atoms with van der Waals surface area (Å²) in [6, 6.07) is 7.50. The number of carbonyl (C=O) groups is 1. The summed E-state index contributed by atoms with van der Waals surface area (Å²) in [6.45, 7) is -0.119. The fraction of sp³-hybridized carbons (Fsp3) is 0.300. The van der Waals surface area contributed by atoms with E-state index in [0.717, 1.165) is 0 Å². The Bertz CT molecular complexity index is 351. The minimum Gasteiger partial charge on any atom is -0.325 e. The molecule has 0 spiro atoms. The van der Waals surface area contributed by atoms with Crippen LogP contribution in [0.4, 0.5) is 0 Å². The minimum atomic E-state index is -0.988. The van der Waals surface area contributed by atoms with Crippen LogP contribution in [0.3, 0.4) is 0 Å². The van der Waals surface area contributed by atoms with Crippen molar-refractivity contribution in [3.63, 3.8) is 0 Å². The van der Waals surface area contributed by atoms with Crippen LogP contribution in [0.2, 0.25) is 0 Å². The predicted octanol–water partition coefficient (Wildman–Crippen LogP) is 0.863. The third-order valence-corrected chi connectivity index (χ3v) is 2.09. The maximum atomic E-state index is 11.6. The summed E-state index contributed by atoms with van der Waals surface area (Å²) in [6.07, 6.45) is -0.145. The highest BCUT2D eigenvalue weighted by atomic mass is 16.6. The lowest BCUT2D eigenvalue weighted by Gasteiger charge is -2.05. The van der Waals surface area contributed by atoms with Gasteiger partial charge in [-0.1, -0.05) is 30.3 Å². The number of nitrogens with two attached hydrogens (primary N) is 1. The molecule has 0 aliphatic carbocycles. The van der Waals surface area contributed by atoms with Crippen molar-refractivity contribution < 1.29 is 9.72 Å². The lowest BCUT2D eigenvalue weighted by Crippen LogP contribution is -2.31. The molecule has 5 nitrogen and oxygen atoms in total. The molecule has 1 aromatic rings. The highest BCUT2D eigenvalue weighted by molar-refractivity contribution is 5.96. The Kier molecular flexibility index (Phi) is 3.93. The molecular formula is C10H12N2O3. The number of nitro groups is 1. The van der Waals surface area contributed by atoms with Crippen LogP contribution in [-0.2, 0) is 0 Å². The molecule has 1 aromatic carbocycles. The van der Waals surface area contributed by atoms with Crippen LogP contribution in [0.1, 0.15) is 16.8 Å². The quantitative estimate of drug-likeness (QED) is 0.441. The van der Waals surface area contributed by atoms with Crippen LogP contribution in [0, 0.1) is 10.1 Å². The predicted molar refractivity (Wildman–Crippen MR) is 55.2 cm³/mol. The average Bonchev–Trinajstić information content (AvgIpc) is 2.26. The minimum absolute atomic E-state index is 0.119. The molecule has 0 amide bonds. The van der Waals surface area contributed by atoms with Crippen LogP contribution in [0.15, 0.2) is 30.3 Å². The van der Waals surface area contributed by atoms with Crippen LogP contribution in [0.5, 0.6) is 0 Å². The van der Waals surface area contributed by atoms with E-state index in [-0.39, 0.29) is 18.7 Å². The van der Waals surface area contributed by atoms with Gasteiger partial charge in [-0.2, -0.15) is 0 Å². The number of nitrogens with zero attached hydrogens (tertiary/aromatic N) is 1. The van der Waals surface area contributed by atoms with Crippen molar-refractivity contribution in [1.82, 2.24) is 0 Å². The van der Waals surface area contributed by atoms with Crippen LogP contribution >= 0.6 is 0 Å². The second-order valence-electron chi connectivity index (χ2n) is 3.17. The number of hydrogen-bond donors (Lipinski definition) is 1. The van der Waals surface area contributed by atoms with Crippen LogP contribution in [0.25, 0.3) is 0 Å². The van der Waals surface area contributed by atoms with E-state index in [2.05, 4.69) is 0 Å². The molecule has 0 aromatic heterocycles. The molecule has 1 unspecified atom stereocenters. The standard InChI is InChI=1S/C10H12N2O3/c11-7-9(12(14)15)6-10(13)8-4-2-1-3-5-8/h1-5,9H,6-7,11H2. The first-order valence-corrected chi connectivity index (χ1v) is 4.57. The first-order valence-electron chi connectivity index (χ1n) is 4.57. The molecule has 5 heteroatoms. The summed E-state index contributed by atoms with van der Waals surface area (Å²) < 4.78 is 0. The van der Waals surface area contributed by atoms with Gasteiger partial charge in [-0.05, 0) is 0 Å². The number of ketones is 1. The fourth-order valence-corrected chi connectivity index (χ4v) is 1.20. The number of rotatable bonds is 5. The maximum Gasteiger partial charge on any atom is 0.232 e. The number of carbonyl (C=O) groups excluding carboxylic acids is 1. The lowest BCUT2D eigenvalue weighted by molar-refractivity contribution is -0.517. The van der Waals surface area contributed by atoms with Crippen molar-refractivity contribution in [2.24, 2.45) is 5.73 Å². The van der Waals surface area contributed by atoms with Gasteiger partial charge in [0.05, 0.1) is 13.0 Å². The largest absolute Gasteiger partial charge is 0.325 e. The third-order valence-electron chi connectivity index (χ3n) is 2.09. The van der Waals surface area contributed by atoms with E-state index < -0.39 is 11.0 Å². The Labute approximate surface area is 87.0 Å². The van der Waals surface area contributed by atoms with E-state index in [1.807, 2.05) is 0 Å². The topological polar surface area (TPSA) is 86.2 Å². The Balaban J connectivity index is 2.67. The van der Waals surface area contributed by atoms with Crippen molar-refractivity contribution in [2.45, 2.75) is 12.5 Å². The molecule has 0 bridgehead atoms. The monoisotopic (exact) mass is 208 g/mol. The Morgan fingerprint density at radius 1 is 1.40 bits per heavy atom. The first kappa shape index (κ1) is 11.3. The van der Waals surface area contributed by atoms with Gasteiger partial charge in [0.25, 0.3) is 0 Å². The summed E-state index contributed by atoms with van der Waals surface area (Å²) >= 11 is 0.